The first kappa shape index (κ1) is 22.4. The molecule has 2 aromatic carbocycles. The number of hydrogen-bond acceptors (Lipinski definition) is 4. The van der Waals surface area contributed by atoms with Gasteiger partial charge in [0.2, 0.25) is 0 Å². The minimum atomic E-state index is -1.12. The molecule has 6 nitrogen and oxygen atoms in total. The summed E-state index contributed by atoms with van der Waals surface area (Å²) < 4.78 is 18.2. The lowest BCUT2D eigenvalue weighted by atomic mass is 10.0. The van der Waals surface area contributed by atoms with Crippen LogP contribution in [0, 0.1) is 11.7 Å². The van der Waals surface area contributed by atoms with E-state index in [9.17, 15) is 18.8 Å². The zero-order valence-electron chi connectivity index (χ0n) is 16.2. The molecule has 0 heterocycles. The lowest BCUT2D eigenvalue weighted by Crippen LogP contribution is -2.47. The van der Waals surface area contributed by atoms with Crippen molar-refractivity contribution in [1.82, 2.24) is 5.32 Å². The molecule has 0 saturated heterocycles. The van der Waals surface area contributed by atoms with Crippen LogP contribution in [0.3, 0.4) is 0 Å². The molecule has 0 fully saturated rings. The molecular weight excluding hydrogens is 399 g/mol. The molecule has 2 aromatic rings. The first-order valence-electron chi connectivity index (χ1n) is 9.01. The molecule has 29 heavy (non-hydrogen) atoms. The Labute approximate surface area is 173 Å². The lowest BCUT2D eigenvalue weighted by molar-refractivity contribution is -0.156. The van der Waals surface area contributed by atoms with Gasteiger partial charge in [-0.05, 0) is 49.2 Å². The predicted molar refractivity (Wildman–Crippen MR) is 108 cm³/mol. The minimum Gasteiger partial charge on any atom is -0.451 e. The Hall–Kier alpha value is -2.93. The van der Waals surface area contributed by atoms with Gasteiger partial charge >= 0.3 is 5.97 Å². The Morgan fingerprint density at radius 1 is 1.00 bits per heavy atom. The topological polar surface area (TPSA) is 84.5 Å². The van der Waals surface area contributed by atoms with Crippen molar-refractivity contribution < 1.29 is 23.5 Å². The maximum atomic E-state index is 12.9. The molecule has 2 N–H and O–H groups in total. The van der Waals surface area contributed by atoms with E-state index in [2.05, 4.69) is 10.6 Å². The van der Waals surface area contributed by atoms with Crippen LogP contribution in [0.4, 0.5) is 10.1 Å². The van der Waals surface area contributed by atoms with Crippen molar-refractivity contribution in [2.24, 2.45) is 5.92 Å². The van der Waals surface area contributed by atoms with Crippen molar-refractivity contribution in [3.8, 4) is 0 Å². The number of carbonyl (C=O) groups excluding carboxylic acids is 3. The van der Waals surface area contributed by atoms with E-state index < -0.39 is 35.7 Å². The van der Waals surface area contributed by atoms with Crippen LogP contribution >= 0.6 is 11.6 Å². The van der Waals surface area contributed by atoms with Crippen LogP contribution in [-0.4, -0.2) is 29.9 Å². The van der Waals surface area contributed by atoms with Crippen LogP contribution < -0.4 is 10.6 Å². The number of carbonyl (C=O) groups is 3. The van der Waals surface area contributed by atoms with Crippen molar-refractivity contribution in [3.63, 3.8) is 0 Å². The van der Waals surface area contributed by atoms with Crippen molar-refractivity contribution in [2.75, 3.05) is 5.32 Å². The van der Waals surface area contributed by atoms with E-state index in [-0.39, 0.29) is 16.5 Å². The van der Waals surface area contributed by atoms with Gasteiger partial charge in [0.25, 0.3) is 11.8 Å². The molecule has 0 saturated carbocycles. The van der Waals surface area contributed by atoms with Crippen molar-refractivity contribution in [1.29, 1.82) is 0 Å². The van der Waals surface area contributed by atoms with Gasteiger partial charge in [0, 0.05) is 5.69 Å². The summed E-state index contributed by atoms with van der Waals surface area (Å²) in [7, 11) is 0. The molecule has 0 aliphatic heterocycles. The summed E-state index contributed by atoms with van der Waals surface area (Å²) in [5, 5.41) is 5.39. The van der Waals surface area contributed by atoms with Crippen LogP contribution in [-0.2, 0) is 14.3 Å². The third-order valence-corrected chi connectivity index (χ3v) is 4.43. The molecule has 154 valence electrons. The highest BCUT2D eigenvalue weighted by molar-refractivity contribution is 6.33. The van der Waals surface area contributed by atoms with Crippen LogP contribution in [0.2, 0.25) is 5.02 Å². The number of rotatable bonds is 7. The number of ether oxygens (including phenoxy) is 1. The summed E-state index contributed by atoms with van der Waals surface area (Å²) in [4.78, 5) is 37.2. The van der Waals surface area contributed by atoms with Gasteiger partial charge in [-0.2, -0.15) is 0 Å². The predicted octanol–water partition coefficient (Wildman–Crippen LogP) is 3.80. The molecule has 0 bridgehead atoms. The molecule has 0 aliphatic carbocycles. The Morgan fingerprint density at radius 2 is 1.62 bits per heavy atom. The number of anilines is 1. The fourth-order valence-corrected chi connectivity index (χ4v) is 2.66. The van der Waals surface area contributed by atoms with Gasteiger partial charge in [-0.3, -0.25) is 9.59 Å². The highest BCUT2D eigenvalue weighted by Gasteiger charge is 2.29. The van der Waals surface area contributed by atoms with Gasteiger partial charge in [0.15, 0.2) is 6.10 Å². The summed E-state index contributed by atoms with van der Waals surface area (Å²) >= 11 is 6.02. The first-order chi connectivity index (χ1) is 13.7. The molecule has 8 heteroatoms. The second kappa shape index (κ2) is 10.0. The largest absolute Gasteiger partial charge is 0.451 e. The zero-order chi connectivity index (χ0) is 21.6. The average molecular weight is 421 g/mol. The molecule has 2 amide bonds. The minimum absolute atomic E-state index is 0.231. The molecule has 0 aromatic heterocycles. The normalized spacial score (nSPS) is 12.8. The van der Waals surface area contributed by atoms with E-state index in [0.29, 0.717) is 5.69 Å². The summed E-state index contributed by atoms with van der Waals surface area (Å²) in [6, 6.07) is 10.7. The van der Waals surface area contributed by atoms with E-state index in [0.717, 1.165) is 0 Å². The quantitative estimate of drug-likeness (QED) is 0.667. The van der Waals surface area contributed by atoms with Crippen LogP contribution in [0.5, 0.6) is 0 Å². The monoisotopic (exact) mass is 420 g/mol. The van der Waals surface area contributed by atoms with Crippen LogP contribution in [0.1, 0.15) is 31.1 Å². The number of halogens is 2. The number of amides is 2. The lowest BCUT2D eigenvalue weighted by Gasteiger charge is -2.23. The fraction of sp³-hybridized carbons (Fsp3) is 0.286. The Kier molecular flexibility index (Phi) is 7.73. The van der Waals surface area contributed by atoms with E-state index in [1.54, 1.807) is 38.1 Å². The average Bonchev–Trinajstić information content (AvgIpc) is 2.67. The molecular formula is C21H22ClFN2O4. The smallest absolute Gasteiger partial charge is 0.329 e. The van der Waals surface area contributed by atoms with Crippen molar-refractivity contribution in [2.45, 2.75) is 32.9 Å². The Bertz CT molecular complexity index is 887. The second-order valence-electron chi connectivity index (χ2n) is 6.75. The third-order valence-electron chi connectivity index (χ3n) is 4.10. The van der Waals surface area contributed by atoms with E-state index in [1.807, 2.05) is 0 Å². The van der Waals surface area contributed by atoms with E-state index in [1.165, 1.54) is 31.2 Å². The van der Waals surface area contributed by atoms with Crippen molar-refractivity contribution >= 4 is 35.1 Å². The maximum Gasteiger partial charge on any atom is 0.329 e. The zero-order valence-corrected chi connectivity index (χ0v) is 17.0. The SMILES string of the molecule is CC(C)[C@H](NC(=O)c1ccccc1Cl)C(=O)O[C@@H](C)C(=O)Nc1ccc(F)cc1. The maximum absolute atomic E-state index is 12.9. The van der Waals surface area contributed by atoms with Gasteiger partial charge in [-0.15, -0.1) is 0 Å². The highest BCUT2D eigenvalue weighted by atomic mass is 35.5. The second-order valence-corrected chi connectivity index (χ2v) is 7.16. The number of nitrogens with one attached hydrogen (secondary N) is 2. The number of hydrogen-bond donors (Lipinski definition) is 2. The summed E-state index contributed by atoms with van der Waals surface area (Å²) in [5.41, 5.74) is 0.599. The van der Waals surface area contributed by atoms with E-state index in [4.69, 9.17) is 16.3 Å². The Balaban J connectivity index is 2.01. The third kappa shape index (κ3) is 6.29. The Morgan fingerprint density at radius 3 is 2.21 bits per heavy atom. The van der Waals surface area contributed by atoms with Crippen LogP contribution in [0.15, 0.2) is 48.5 Å². The first-order valence-corrected chi connectivity index (χ1v) is 9.39. The van der Waals surface area contributed by atoms with Gasteiger partial charge in [-0.1, -0.05) is 37.6 Å². The van der Waals surface area contributed by atoms with Gasteiger partial charge < -0.3 is 15.4 Å². The summed E-state index contributed by atoms with van der Waals surface area (Å²) in [5.74, 6) is -2.57. The van der Waals surface area contributed by atoms with Gasteiger partial charge in [0.1, 0.15) is 11.9 Å². The van der Waals surface area contributed by atoms with Gasteiger partial charge in [0.05, 0.1) is 10.6 Å². The molecule has 0 radical (unpaired) electrons. The number of esters is 1. The van der Waals surface area contributed by atoms with Gasteiger partial charge in [-0.25, -0.2) is 9.18 Å². The standard InChI is InChI=1S/C21H22ClFN2O4/c1-12(2)18(25-20(27)16-6-4-5-7-17(16)22)21(28)29-13(3)19(26)24-15-10-8-14(23)9-11-15/h4-13,18H,1-3H3,(H,24,26)(H,25,27)/t13-,18-/m0/s1. The fourth-order valence-electron chi connectivity index (χ4n) is 2.44. The van der Waals surface area contributed by atoms with Crippen molar-refractivity contribution in [3.05, 3.63) is 64.9 Å². The number of benzene rings is 2. The molecule has 0 spiro atoms. The molecule has 0 unspecified atom stereocenters. The highest BCUT2D eigenvalue weighted by Crippen LogP contribution is 2.16. The summed E-state index contributed by atoms with van der Waals surface area (Å²) in [6.07, 6.45) is -1.12. The summed E-state index contributed by atoms with van der Waals surface area (Å²) in [6.45, 7) is 4.88. The molecule has 0 aliphatic rings. The molecule has 2 rings (SSSR count). The van der Waals surface area contributed by atoms with E-state index >= 15 is 0 Å². The van der Waals surface area contributed by atoms with Crippen LogP contribution in [0.25, 0.3) is 0 Å². The molecule has 2 atom stereocenters.